The van der Waals surface area contributed by atoms with E-state index in [-0.39, 0.29) is 5.56 Å². The predicted octanol–water partition coefficient (Wildman–Crippen LogP) is 2.48. The van der Waals surface area contributed by atoms with E-state index in [9.17, 15) is 9.18 Å². The van der Waals surface area contributed by atoms with Gasteiger partial charge >= 0.3 is 5.97 Å². The molecular formula is C9H8BrFO3. The van der Waals surface area contributed by atoms with Crippen LogP contribution in [0.3, 0.4) is 0 Å². The Hall–Kier alpha value is -1.10. The molecule has 0 amide bonds. The van der Waals surface area contributed by atoms with E-state index in [1.165, 1.54) is 13.0 Å². The van der Waals surface area contributed by atoms with Gasteiger partial charge < -0.3 is 10.2 Å². The number of phenolic OH excluding ortho intramolecular Hbond substituents is 1. The zero-order valence-electron chi connectivity index (χ0n) is 7.29. The summed E-state index contributed by atoms with van der Waals surface area (Å²) in [5.41, 5.74) is -0.0440. The van der Waals surface area contributed by atoms with Crippen molar-refractivity contribution in [2.75, 3.05) is 0 Å². The number of benzene rings is 1. The van der Waals surface area contributed by atoms with Crippen LogP contribution in [0.25, 0.3) is 0 Å². The van der Waals surface area contributed by atoms with Crippen molar-refractivity contribution in [3.8, 4) is 5.75 Å². The average molecular weight is 263 g/mol. The van der Waals surface area contributed by atoms with Gasteiger partial charge in [0.25, 0.3) is 0 Å². The van der Waals surface area contributed by atoms with E-state index in [2.05, 4.69) is 15.9 Å². The molecule has 1 aromatic rings. The average Bonchev–Trinajstić information content (AvgIpc) is 2.12. The number of halogens is 2. The van der Waals surface area contributed by atoms with Crippen molar-refractivity contribution in [3.63, 3.8) is 0 Å². The third-order valence-corrected chi connectivity index (χ3v) is 2.60. The van der Waals surface area contributed by atoms with Gasteiger partial charge in [0, 0.05) is 10.0 Å². The van der Waals surface area contributed by atoms with Crippen molar-refractivity contribution in [1.82, 2.24) is 0 Å². The Morgan fingerprint density at radius 2 is 2.14 bits per heavy atom. The molecule has 0 radical (unpaired) electrons. The Kier molecular flexibility index (Phi) is 3.10. The molecule has 0 aliphatic heterocycles. The van der Waals surface area contributed by atoms with E-state index in [1.807, 2.05) is 0 Å². The number of carboxylic acids is 1. The lowest BCUT2D eigenvalue weighted by molar-refractivity contribution is -0.138. The molecule has 0 aromatic heterocycles. The predicted molar refractivity (Wildman–Crippen MR) is 51.8 cm³/mol. The lowest BCUT2D eigenvalue weighted by atomic mass is 10.0. The van der Waals surface area contributed by atoms with E-state index in [0.29, 0.717) is 4.47 Å². The highest BCUT2D eigenvalue weighted by Crippen LogP contribution is 2.32. The second kappa shape index (κ2) is 3.96. The Bertz CT molecular complexity index is 379. The summed E-state index contributed by atoms with van der Waals surface area (Å²) in [7, 11) is 0. The lowest BCUT2D eigenvalue weighted by Crippen LogP contribution is -2.10. The van der Waals surface area contributed by atoms with E-state index in [1.54, 1.807) is 0 Å². The largest absolute Gasteiger partial charge is 0.505 e. The highest BCUT2D eigenvalue weighted by molar-refractivity contribution is 9.10. The van der Waals surface area contributed by atoms with E-state index >= 15 is 0 Å². The minimum atomic E-state index is -1.14. The summed E-state index contributed by atoms with van der Waals surface area (Å²) in [6, 6.07) is 2.57. The third kappa shape index (κ3) is 1.87. The second-order valence-corrected chi connectivity index (χ2v) is 3.71. The molecule has 76 valence electrons. The Morgan fingerprint density at radius 1 is 1.57 bits per heavy atom. The van der Waals surface area contributed by atoms with Gasteiger partial charge in [-0.3, -0.25) is 4.79 Å². The Morgan fingerprint density at radius 3 is 2.64 bits per heavy atom. The number of hydrogen-bond donors (Lipinski definition) is 2. The van der Waals surface area contributed by atoms with Crippen LogP contribution in [0, 0.1) is 5.82 Å². The maximum atomic E-state index is 13.3. The van der Waals surface area contributed by atoms with Gasteiger partial charge in [0.2, 0.25) is 0 Å². The Labute approximate surface area is 88.3 Å². The first kappa shape index (κ1) is 11.0. The zero-order valence-corrected chi connectivity index (χ0v) is 8.88. The van der Waals surface area contributed by atoms with Crippen LogP contribution in [0.2, 0.25) is 0 Å². The molecule has 5 heteroatoms. The molecule has 1 atom stereocenters. The summed E-state index contributed by atoms with van der Waals surface area (Å²) in [4.78, 5) is 10.6. The molecule has 0 saturated carbocycles. The smallest absolute Gasteiger partial charge is 0.310 e. The highest BCUT2D eigenvalue weighted by atomic mass is 79.9. The molecule has 2 N–H and O–H groups in total. The fourth-order valence-corrected chi connectivity index (χ4v) is 1.73. The lowest BCUT2D eigenvalue weighted by Gasteiger charge is -2.11. The quantitative estimate of drug-likeness (QED) is 0.861. The molecule has 0 aliphatic rings. The summed E-state index contributed by atoms with van der Waals surface area (Å²) in [5.74, 6) is -3.59. The SMILES string of the molecule is CC(C(=O)O)c1c(Br)ccc(O)c1F. The summed E-state index contributed by atoms with van der Waals surface area (Å²) in [6.45, 7) is 1.35. The molecule has 14 heavy (non-hydrogen) atoms. The van der Waals surface area contributed by atoms with Crippen molar-refractivity contribution >= 4 is 21.9 Å². The standard InChI is InChI=1S/C9H8BrFO3/c1-4(9(13)14)7-5(10)2-3-6(12)8(7)11/h2-4,12H,1H3,(H,13,14). The van der Waals surface area contributed by atoms with E-state index in [0.717, 1.165) is 6.07 Å². The topological polar surface area (TPSA) is 57.5 Å². The molecule has 0 aliphatic carbocycles. The molecular weight excluding hydrogens is 255 g/mol. The van der Waals surface area contributed by atoms with Crippen LogP contribution >= 0.6 is 15.9 Å². The van der Waals surface area contributed by atoms with Gasteiger partial charge in [-0.15, -0.1) is 0 Å². The fraction of sp³-hybridized carbons (Fsp3) is 0.222. The highest BCUT2D eigenvalue weighted by Gasteiger charge is 2.22. The number of carboxylic acid groups (broad SMARTS) is 1. The maximum Gasteiger partial charge on any atom is 0.310 e. The number of aromatic hydroxyl groups is 1. The molecule has 0 fully saturated rings. The molecule has 1 rings (SSSR count). The fourth-order valence-electron chi connectivity index (χ4n) is 1.08. The van der Waals surface area contributed by atoms with Gasteiger partial charge in [0.15, 0.2) is 11.6 Å². The molecule has 1 aromatic carbocycles. The van der Waals surface area contributed by atoms with Gasteiger partial charge in [-0.2, -0.15) is 0 Å². The van der Waals surface area contributed by atoms with Crippen molar-refractivity contribution in [2.45, 2.75) is 12.8 Å². The summed E-state index contributed by atoms with van der Waals surface area (Å²) in [5, 5.41) is 17.8. The molecule has 3 nitrogen and oxygen atoms in total. The van der Waals surface area contributed by atoms with Gasteiger partial charge in [-0.1, -0.05) is 15.9 Å². The minimum Gasteiger partial charge on any atom is -0.505 e. The number of aliphatic carboxylic acids is 1. The zero-order chi connectivity index (χ0) is 10.9. The third-order valence-electron chi connectivity index (χ3n) is 1.91. The molecule has 0 bridgehead atoms. The van der Waals surface area contributed by atoms with Crippen LogP contribution in [0.4, 0.5) is 4.39 Å². The Balaban J connectivity index is 3.32. The van der Waals surface area contributed by atoms with Crippen molar-refractivity contribution < 1.29 is 19.4 Å². The van der Waals surface area contributed by atoms with E-state index in [4.69, 9.17) is 10.2 Å². The first-order valence-corrected chi connectivity index (χ1v) is 4.64. The van der Waals surface area contributed by atoms with Crippen LogP contribution in [0.5, 0.6) is 5.75 Å². The number of rotatable bonds is 2. The molecule has 0 heterocycles. The van der Waals surface area contributed by atoms with Crippen LogP contribution in [-0.4, -0.2) is 16.2 Å². The summed E-state index contributed by atoms with van der Waals surface area (Å²) >= 11 is 3.04. The van der Waals surface area contributed by atoms with Crippen molar-refractivity contribution in [1.29, 1.82) is 0 Å². The number of phenols is 1. The van der Waals surface area contributed by atoms with Crippen LogP contribution < -0.4 is 0 Å². The van der Waals surface area contributed by atoms with Crippen LogP contribution in [0.1, 0.15) is 18.4 Å². The van der Waals surface area contributed by atoms with Gasteiger partial charge in [0.1, 0.15) is 0 Å². The molecule has 0 spiro atoms. The van der Waals surface area contributed by atoms with Gasteiger partial charge in [-0.05, 0) is 19.1 Å². The van der Waals surface area contributed by atoms with Crippen molar-refractivity contribution in [2.24, 2.45) is 0 Å². The van der Waals surface area contributed by atoms with Gasteiger partial charge in [0.05, 0.1) is 5.92 Å². The maximum absolute atomic E-state index is 13.3. The summed E-state index contributed by atoms with van der Waals surface area (Å²) < 4.78 is 13.7. The van der Waals surface area contributed by atoms with Crippen LogP contribution in [0.15, 0.2) is 16.6 Å². The first-order chi connectivity index (χ1) is 6.45. The normalized spacial score (nSPS) is 12.5. The number of hydrogen-bond acceptors (Lipinski definition) is 2. The molecule has 0 saturated heterocycles. The van der Waals surface area contributed by atoms with Crippen LogP contribution in [-0.2, 0) is 4.79 Å². The molecule has 1 unspecified atom stereocenters. The monoisotopic (exact) mass is 262 g/mol. The minimum absolute atomic E-state index is 0.0440. The summed E-state index contributed by atoms with van der Waals surface area (Å²) in [6.07, 6.45) is 0. The first-order valence-electron chi connectivity index (χ1n) is 3.84. The second-order valence-electron chi connectivity index (χ2n) is 2.85. The van der Waals surface area contributed by atoms with Crippen molar-refractivity contribution in [3.05, 3.63) is 28.0 Å². The van der Waals surface area contributed by atoms with E-state index < -0.39 is 23.5 Å². The van der Waals surface area contributed by atoms with Gasteiger partial charge in [-0.25, -0.2) is 4.39 Å². The number of carbonyl (C=O) groups is 1.